The molecule has 4 unspecified atom stereocenters. The van der Waals surface area contributed by atoms with Crippen molar-refractivity contribution in [3.8, 4) is 0 Å². The van der Waals surface area contributed by atoms with E-state index >= 15 is 0 Å². The van der Waals surface area contributed by atoms with E-state index in [4.69, 9.17) is 14.9 Å². The van der Waals surface area contributed by atoms with Crippen molar-refractivity contribution in [1.29, 1.82) is 0 Å². The minimum absolute atomic E-state index is 0.0261. The van der Waals surface area contributed by atoms with Crippen LogP contribution in [0.2, 0.25) is 0 Å². The van der Waals surface area contributed by atoms with Gasteiger partial charge in [-0.2, -0.15) is 0 Å². The van der Waals surface area contributed by atoms with Gasteiger partial charge in [0.1, 0.15) is 6.10 Å². The fraction of sp³-hybridized carbons (Fsp3) is 0.875. The molecule has 1 aliphatic heterocycles. The van der Waals surface area contributed by atoms with E-state index in [9.17, 15) is 4.79 Å². The summed E-state index contributed by atoms with van der Waals surface area (Å²) >= 11 is 0. The van der Waals surface area contributed by atoms with E-state index < -0.39 is 6.09 Å². The van der Waals surface area contributed by atoms with Crippen LogP contribution in [-0.2, 0) is 4.74 Å². The van der Waals surface area contributed by atoms with Crippen molar-refractivity contribution in [3.63, 3.8) is 0 Å². The first-order valence-corrected chi connectivity index (χ1v) is 4.45. The Kier molecular flexibility index (Phi) is 2.13. The molecule has 2 rings (SSSR count). The minimum atomic E-state index is -0.412. The summed E-state index contributed by atoms with van der Waals surface area (Å²) in [4.78, 5) is 10.8. The molecule has 1 saturated carbocycles. The van der Waals surface area contributed by atoms with Gasteiger partial charge in [0.05, 0.1) is 6.04 Å². The fourth-order valence-electron chi connectivity index (χ4n) is 2.28. The summed E-state index contributed by atoms with van der Waals surface area (Å²) in [5.41, 5.74) is 0. The molecule has 0 aromatic heterocycles. The van der Waals surface area contributed by atoms with Gasteiger partial charge in [-0.15, -0.1) is 0 Å². The van der Waals surface area contributed by atoms with Crippen molar-refractivity contribution in [1.82, 2.24) is 5.32 Å². The van der Waals surface area contributed by atoms with Crippen LogP contribution in [0.1, 0.15) is 6.42 Å². The van der Waals surface area contributed by atoms with Gasteiger partial charge >= 0.3 is 6.09 Å². The molecule has 0 spiro atoms. The second-order valence-electron chi connectivity index (χ2n) is 3.65. The third-order valence-corrected chi connectivity index (χ3v) is 2.97. The van der Waals surface area contributed by atoms with Crippen molar-refractivity contribution in [3.05, 3.63) is 0 Å². The van der Waals surface area contributed by atoms with Crippen LogP contribution >= 0.6 is 0 Å². The van der Waals surface area contributed by atoms with Gasteiger partial charge in [0.25, 0.3) is 0 Å². The van der Waals surface area contributed by atoms with E-state index in [1.165, 1.54) is 0 Å². The highest BCUT2D eigenvalue weighted by Gasteiger charge is 2.49. The molecular formula is C8H13NO4. The molecule has 1 amide bonds. The number of carbonyl (C=O) groups excluding carboxylic acids is 1. The predicted molar refractivity (Wildman–Crippen MR) is 43.0 cm³/mol. The van der Waals surface area contributed by atoms with Gasteiger partial charge in [0.2, 0.25) is 0 Å². The van der Waals surface area contributed by atoms with Gasteiger partial charge in [0, 0.05) is 19.1 Å². The molecule has 74 valence electrons. The zero-order valence-corrected chi connectivity index (χ0v) is 7.14. The monoisotopic (exact) mass is 187 g/mol. The quantitative estimate of drug-likeness (QED) is 0.522. The Morgan fingerprint density at radius 2 is 2.23 bits per heavy atom. The third-order valence-electron chi connectivity index (χ3n) is 2.97. The first-order chi connectivity index (χ1) is 6.26. The Balaban J connectivity index is 2.09. The summed E-state index contributed by atoms with van der Waals surface area (Å²) in [5, 5.41) is 20.7. The maximum atomic E-state index is 10.8. The lowest BCUT2D eigenvalue weighted by Crippen LogP contribution is -2.30. The maximum Gasteiger partial charge on any atom is 0.407 e. The molecule has 5 heteroatoms. The van der Waals surface area contributed by atoms with E-state index in [-0.39, 0.29) is 37.2 Å². The van der Waals surface area contributed by atoms with Gasteiger partial charge in [-0.05, 0) is 12.3 Å². The number of rotatable bonds is 2. The maximum absolute atomic E-state index is 10.8. The first kappa shape index (κ1) is 8.77. The number of alkyl carbamates (subject to hydrolysis) is 1. The molecule has 4 atom stereocenters. The topological polar surface area (TPSA) is 78.8 Å². The third kappa shape index (κ3) is 1.28. The summed E-state index contributed by atoms with van der Waals surface area (Å²) in [7, 11) is 0. The lowest BCUT2D eigenvalue weighted by molar-refractivity contribution is 0.0524. The van der Waals surface area contributed by atoms with Gasteiger partial charge < -0.3 is 20.3 Å². The molecule has 2 fully saturated rings. The number of hydrogen-bond acceptors (Lipinski definition) is 4. The normalized spacial score (nSPS) is 42.8. The zero-order valence-electron chi connectivity index (χ0n) is 7.14. The van der Waals surface area contributed by atoms with E-state index in [0.29, 0.717) is 6.42 Å². The molecule has 0 radical (unpaired) electrons. The van der Waals surface area contributed by atoms with Crippen molar-refractivity contribution in [2.75, 3.05) is 13.2 Å². The van der Waals surface area contributed by atoms with Crippen LogP contribution in [0.4, 0.5) is 4.79 Å². The molecular weight excluding hydrogens is 174 g/mol. The molecule has 3 N–H and O–H groups in total. The van der Waals surface area contributed by atoms with E-state index in [2.05, 4.69) is 5.32 Å². The lowest BCUT2D eigenvalue weighted by atomic mass is 9.97. The van der Waals surface area contributed by atoms with Crippen LogP contribution in [0.3, 0.4) is 0 Å². The zero-order chi connectivity index (χ0) is 9.42. The number of nitrogens with one attached hydrogen (secondary N) is 1. The number of aliphatic hydroxyl groups excluding tert-OH is 2. The van der Waals surface area contributed by atoms with Crippen LogP contribution in [0.5, 0.6) is 0 Å². The van der Waals surface area contributed by atoms with E-state index in [1.54, 1.807) is 0 Å². The van der Waals surface area contributed by atoms with Crippen LogP contribution in [0, 0.1) is 11.8 Å². The molecule has 2 aliphatic rings. The summed E-state index contributed by atoms with van der Waals surface area (Å²) in [6.45, 7) is -0.00118. The van der Waals surface area contributed by atoms with Crippen LogP contribution in [-0.4, -0.2) is 41.7 Å². The average Bonchev–Trinajstić information content (AvgIpc) is 2.59. The standard InChI is InChI=1S/C8H13NO4/c10-2-4-1-6-7(5(4)3-11)13-8(12)9-6/h4-7,10-11H,1-3H2,(H,9,12). The number of fused-ring (bicyclic) bond motifs is 1. The Bertz CT molecular complexity index is 220. The summed E-state index contributed by atoms with van der Waals surface area (Å²) < 4.78 is 5.00. The fourth-order valence-corrected chi connectivity index (χ4v) is 2.28. The number of aliphatic hydroxyl groups is 2. The average molecular weight is 187 g/mol. The SMILES string of the molecule is O=C1NC2CC(CO)C(CO)C2O1. The highest BCUT2D eigenvalue weighted by atomic mass is 16.6. The van der Waals surface area contributed by atoms with Crippen LogP contribution < -0.4 is 5.32 Å². The number of ether oxygens (including phenoxy) is 1. The van der Waals surface area contributed by atoms with Crippen LogP contribution in [0.15, 0.2) is 0 Å². The largest absolute Gasteiger partial charge is 0.444 e. The summed E-state index contributed by atoms with van der Waals surface area (Å²) in [6.07, 6.45) is 0.0255. The predicted octanol–water partition coefficient (Wildman–Crippen LogP) is -0.916. The molecule has 1 heterocycles. The number of hydrogen-bond donors (Lipinski definition) is 3. The molecule has 0 aromatic carbocycles. The second kappa shape index (κ2) is 3.16. The molecule has 13 heavy (non-hydrogen) atoms. The molecule has 1 saturated heterocycles. The molecule has 1 aliphatic carbocycles. The smallest absolute Gasteiger partial charge is 0.407 e. The van der Waals surface area contributed by atoms with Gasteiger partial charge in [0.15, 0.2) is 0 Å². The molecule has 5 nitrogen and oxygen atoms in total. The van der Waals surface area contributed by atoms with Gasteiger partial charge in [-0.3, -0.25) is 0 Å². The van der Waals surface area contributed by atoms with Crippen molar-refractivity contribution in [2.24, 2.45) is 11.8 Å². The molecule has 0 bridgehead atoms. The Hall–Kier alpha value is -0.810. The Labute approximate surface area is 75.7 Å². The first-order valence-electron chi connectivity index (χ1n) is 4.45. The number of carbonyl (C=O) groups is 1. The van der Waals surface area contributed by atoms with Gasteiger partial charge in [-0.25, -0.2) is 4.79 Å². The summed E-state index contributed by atoms with van der Waals surface area (Å²) in [5.74, 6) is -0.0745. The number of amides is 1. The highest BCUT2D eigenvalue weighted by Crippen LogP contribution is 2.36. The second-order valence-corrected chi connectivity index (χ2v) is 3.65. The Morgan fingerprint density at radius 1 is 1.46 bits per heavy atom. The van der Waals surface area contributed by atoms with E-state index in [0.717, 1.165) is 0 Å². The van der Waals surface area contributed by atoms with Gasteiger partial charge in [-0.1, -0.05) is 0 Å². The Morgan fingerprint density at radius 3 is 2.85 bits per heavy atom. The summed E-state index contributed by atoms with van der Waals surface area (Å²) in [6, 6.07) is -0.0261. The minimum Gasteiger partial charge on any atom is -0.444 e. The van der Waals surface area contributed by atoms with Crippen LogP contribution in [0.25, 0.3) is 0 Å². The lowest BCUT2D eigenvalue weighted by Gasteiger charge is -2.18. The van der Waals surface area contributed by atoms with Crippen molar-refractivity contribution >= 4 is 6.09 Å². The van der Waals surface area contributed by atoms with Crippen molar-refractivity contribution < 1.29 is 19.7 Å². The van der Waals surface area contributed by atoms with E-state index in [1.807, 2.05) is 0 Å². The highest BCUT2D eigenvalue weighted by molar-refractivity contribution is 5.70. The molecule has 0 aromatic rings. The van der Waals surface area contributed by atoms with Crippen molar-refractivity contribution in [2.45, 2.75) is 18.6 Å².